The van der Waals surface area contributed by atoms with Crippen LogP contribution in [0.4, 0.5) is 0 Å². The van der Waals surface area contributed by atoms with Gasteiger partial charge >= 0.3 is 5.97 Å². The lowest BCUT2D eigenvalue weighted by Crippen LogP contribution is -3.00. The Hall–Kier alpha value is -2.37. The van der Waals surface area contributed by atoms with Gasteiger partial charge in [-0.1, -0.05) is 34.1 Å². The molecule has 0 amide bonds. The maximum absolute atomic E-state index is 12.4. The van der Waals surface area contributed by atoms with Gasteiger partial charge in [-0.3, -0.25) is 0 Å². The molecular weight excluding hydrogens is 430 g/mol. The second kappa shape index (κ2) is 8.11. The van der Waals surface area contributed by atoms with Crippen molar-refractivity contribution in [2.24, 2.45) is 0 Å². The number of ether oxygens (including phenoxy) is 1. The van der Waals surface area contributed by atoms with E-state index in [-0.39, 0.29) is 18.2 Å². The lowest BCUT2D eigenvalue weighted by Gasteiger charge is -2.02. The fourth-order valence-electron chi connectivity index (χ4n) is 3.10. The number of furan rings is 1. The minimum atomic E-state index is -0.434. The van der Waals surface area contributed by atoms with Gasteiger partial charge in [0.2, 0.25) is 5.76 Å². The van der Waals surface area contributed by atoms with Crippen molar-refractivity contribution in [1.82, 2.24) is 0 Å². The van der Waals surface area contributed by atoms with Gasteiger partial charge in [-0.15, -0.1) is 0 Å². The molecule has 0 saturated heterocycles. The summed E-state index contributed by atoms with van der Waals surface area (Å²) in [5, 5.41) is 3.22. The van der Waals surface area contributed by atoms with E-state index in [1.807, 2.05) is 36.5 Å². The van der Waals surface area contributed by atoms with Crippen molar-refractivity contribution < 1.29 is 30.9 Å². The number of carbonyl (C=O) groups is 1. The maximum Gasteiger partial charge on any atom is 0.374 e. The number of nitrogens with zero attached hydrogens (tertiary/aromatic N) is 1. The molecule has 0 bridgehead atoms. The van der Waals surface area contributed by atoms with E-state index in [0.717, 1.165) is 20.8 Å². The molecule has 0 unspecified atom stereocenters. The third-order valence-electron chi connectivity index (χ3n) is 4.30. The fraction of sp³-hybridized carbons (Fsp3) is 0.143. The molecule has 0 atom stereocenters. The fourth-order valence-corrected chi connectivity index (χ4v) is 3.46. The number of carbonyl (C=O) groups excluding carboxylic acids is 1. The van der Waals surface area contributed by atoms with Gasteiger partial charge in [0.15, 0.2) is 18.9 Å². The predicted molar refractivity (Wildman–Crippen MR) is 103 cm³/mol. The van der Waals surface area contributed by atoms with E-state index in [9.17, 15) is 4.79 Å². The first kappa shape index (κ1) is 19.4. The highest BCUT2D eigenvalue weighted by atomic mass is 79.9. The second-order valence-corrected chi connectivity index (χ2v) is 6.93. The zero-order chi connectivity index (χ0) is 18.1. The van der Waals surface area contributed by atoms with E-state index in [0.29, 0.717) is 18.7 Å². The summed E-state index contributed by atoms with van der Waals surface area (Å²) >= 11 is 3.50. The first-order valence-corrected chi connectivity index (χ1v) is 9.21. The normalized spacial score (nSPS) is 10.7. The number of esters is 1. The molecule has 0 fully saturated rings. The van der Waals surface area contributed by atoms with Crippen molar-refractivity contribution in [3.8, 4) is 0 Å². The molecular formula is C21H17BrClNO3. The smallest absolute Gasteiger partial charge is 0.374 e. The van der Waals surface area contributed by atoms with Gasteiger partial charge in [0.05, 0.1) is 12.2 Å². The average molecular weight is 447 g/mol. The summed E-state index contributed by atoms with van der Waals surface area (Å²) in [7, 11) is 0. The van der Waals surface area contributed by atoms with Crippen molar-refractivity contribution in [3.05, 3.63) is 76.7 Å². The Balaban J connectivity index is 0.00000210. The molecule has 27 heavy (non-hydrogen) atoms. The predicted octanol–water partition coefficient (Wildman–Crippen LogP) is 1.86. The molecule has 2 aromatic heterocycles. The van der Waals surface area contributed by atoms with Crippen LogP contribution in [0, 0.1) is 0 Å². The number of hydrogen-bond acceptors (Lipinski definition) is 3. The Morgan fingerprint density at radius 2 is 1.93 bits per heavy atom. The topological polar surface area (TPSA) is 43.3 Å². The number of hydrogen-bond donors (Lipinski definition) is 0. The molecule has 0 N–H and O–H groups in total. The van der Waals surface area contributed by atoms with E-state index in [2.05, 4.69) is 44.9 Å². The van der Waals surface area contributed by atoms with E-state index in [1.54, 1.807) is 6.92 Å². The largest absolute Gasteiger partial charge is 1.00 e. The van der Waals surface area contributed by atoms with Crippen LogP contribution in [0.25, 0.3) is 21.7 Å². The molecule has 6 heteroatoms. The molecule has 4 aromatic rings. The highest BCUT2D eigenvalue weighted by Gasteiger charge is 2.24. The second-order valence-electron chi connectivity index (χ2n) is 6.02. The molecule has 2 heterocycles. The Labute approximate surface area is 171 Å². The molecule has 0 aliphatic heterocycles. The summed E-state index contributed by atoms with van der Waals surface area (Å²) in [6.45, 7) is 2.61. The number of rotatable bonds is 4. The number of aromatic nitrogens is 1. The standard InChI is InChI=1S/C21H17BrNO3.ClH/c1-2-25-21(24)20-18(17-11-16(22)7-8-19(17)26-20)13-23-10-9-14-5-3-4-6-15(14)12-23;/h3-12H,2,13H2,1H3;1H/q+1;/p-1. The zero-order valence-corrected chi connectivity index (χ0v) is 17.0. The van der Waals surface area contributed by atoms with Crippen LogP contribution in [-0.4, -0.2) is 12.6 Å². The average Bonchev–Trinajstić information content (AvgIpc) is 3.00. The van der Waals surface area contributed by atoms with Gasteiger partial charge in [0.1, 0.15) is 5.58 Å². The number of halogens is 2. The summed E-state index contributed by atoms with van der Waals surface area (Å²) in [6.07, 6.45) is 4.08. The molecule has 0 saturated carbocycles. The zero-order valence-electron chi connectivity index (χ0n) is 14.6. The third kappa shape index (κ3) is 3.84. The van der Waals surface area contributed by atoms with Gasteiger partial charge in [-0.2, -0.15) is 4.57 Å². The first-order chi connectivity index (χ1) is 12.7. The van der Waals surface area contributed by atoms with Crippen LogP contribution in [0.1, 0.15) is 23.0 Å². The Morgan fingerprint density at radius 3 is 2.70 bits per heavy atom. The lowest BCUT2D eigenvalue weighted by atomic mass is 10.1. The molecule has 4 nitrogen and oxygen atoms in total. The Kier molecular flexibility index (Phi) is 5.82. The molecule has 0 spiro atoms. The number of pyridine rings is 1. The van der Waals surface area contributed by atoms with Crippen LogP contribution in [0.3, 0.4) is 0 Å². The SMILES string of the molecule is CCOC(=O)c1oc2ccc(Br)cc2c1C[n+]1ccc2ccccc2c1.[Cl-]. The summed E-state index contributed by atoms with van der Waals surface area (Å²) in [5.74, 6) is -0.170. The van der Waals surface area contributed by atoms with Crippen molar-refractivity contribution in [2.45, 2.75) is 13.5 Å². The lowest BCUT2D eigenvalue weighted by molar-refractivity contribution is -0.686. The van der Waals surface area contributed by atoms with Gasteiger partial charge in [0, 0.05) is 21.3 Å². The highest BCUT2D eigenvalue weighted by Crippen LogP contribution is 2.29. The van der Waals surface area contributed by atoms with Crippen LogP contribution in [0.2, 0.25) is 0 Å². The summed E-state index contributed by atoms with van der Waals surface area (Å²) < 4.78 is 14.0. The minimum absolute atomic E-state index is 0. The van der Waals surface area contributed by atoms with Crippen molar-refractivity contribution in [1.29, 1.82) is 0 Å². The van der Waals surface area contributed by atoms with E-state index < -0.39 is 5.97 Å². The first-order valence-electron chi connectivity index (χ1n) is 8.41. The quantitative estimate of drug-likeness (QED) is 0.355. The highest BCUT2D eigenvalue weighted by molar-refractivity contribution is 9.10. The summed E-state index contributed by atoms with van der Waals surface area (Å²) in [6, 6.07) is 16.0. The minimum Gasteiger partial charge on any atom is -1.00 e. The Morgan fingerprint density at radius 1 is 1.15 bits per heavy atom. The molecule has 0 radical (unpaired) electrons. The van der Waals surface area contributed by atoms with Crippen LogP contribution < -0.4 is 17.0 Å². The monoisotopic (exact) mass is 445 g/mol. The molecule has 138 valence electrons. The molecule has 4 rings (SSSR count). The molecule has 0 aliphatic rings. The van der Waals surface area contributed by atoms with Crippen molar-refractivity contribution in [3.63, 3.8) is 0 Å². The summed E-state index contributed by atoms with van der Waals surface area (Å²) in [5.41, 5.74) is 1.49. The summed E-state index contributed by atoms with van der Waals surface area (Å²) in [4.78, 5) is 12.4. The van der Waals surface area contributed by atoms with Crippen molar-refractivity contribution >= 4 is 43.6 Å². The molecule has 2 aromatic carbocycles. The number of fused-ring (bicyclic) bond motifs is 2. The Bertz CT molecular complexity index is 1120. The van der Waals surface area contributed by atoms with Gasteiger partial charge in [-0.25, -0.2) is 4.79 Å². The van der Waals surface area contributed by atoms with Crippen LogP contribution >= 0.6 is 15.9 Å². The van der Waals surface area contributed by atoms with Crippen LogP contribution in [0.5, 0.6) is 0 Å². The van der Waals surface area contributed by atoms with Gasteiger partial charge in [0.25, 0.3) is 0 Å². The van der Waals surface area contributed by atoms with E-state index >= 15 is 0 Å². The van der Waals surface area contributed by atoms with Gasteiger partial charge in [-0.05, 0) is 36.6 Å². The molecule has 0 aliphatic carbocycles. The number of benzene rings is 2. The third-order valence-corrected chi connectivity index (χ3v) is 4.79. The van der Waals surface area contributed by atoms with E-state index in [4.69, 9.17) is 9.15 Å². The van der Waals surface area contributed by atoms with Crippen molar-refractivity contribution in [2.75, 3.05) is 6.61 Å². The van der Waals surface area contributed by atoms with E-state index in [1.165, 1.54) is 5.39 Å². The van der Waals surface area contributed by atoms with Crippen LogP contribution in [0.15, 0.2) is 69.8 Å². The maximum atomic E-state index is 12.4. The van der Waals surface area contributed by atoms with Gasteiger partial charge < -0.3 is 21.6 Å². The van der Waals surface area contributed by atoms with Crippen LogP contribution in [-0.2, 0) is 11.3 Å².